The lowest BCUT2D eigenvalue weighted by atomic mass is 10.1. The van der Waals surface area contributed by atoms with Crippen LogP contribution in [0.3, 0.4) is 0 Å². The molecule has 3 aromatic heterocycles. The molecule has 0 saturated carbocycles. The van der Waals surface area contributed by atoms with E-state index in [-0.39, 0.29) is 11.7 Å². The van der Waals surface area contributed by atoms with Crippen LogP contribution in [0.4, 0.5) is 0 Å². The van der Waals surface area contributed by atoms with Gasteiger partial charge in [0.2, 0.25) is 0 Å². The number of aliphatic imine (C=N–C) groups is 1. The number of pyridine rings is 2. The SMILES string of the molecule is CC1(C)OCC(Cn2ncc3c(Cl)nc(Cl)cc32)CO1.CCC1COC(C)(C)OC1.Clc1cc2c(c(Cl)n1)C=NC2. The summed E-state index contributed by atoms with van der Waals surface area (Å²) in [6.45, 7) is 14.2. The number of ether oxygens (including phenoxy) is 4. The highest BCUT2D eigenvalue weighted by Gasteiger charge is 2.29. The fraction of sp³-hybridized carbons (Fsp3) is 0.571. The third-order valence-corrected chi connectivity index (χ3v) is 7.75. The Morgan fingerprint density at radius 1 is 0.829 bits per heavy atom. The molecule has 2 fully saturated rings. The summed E-state index contributed by atoms with van der Waals surface area (Å²) < 4.78 is 24.1. The van der Waals surface area contributed by atoms with Gasteiger partial charge in [-0.2, -0.15) is 5.10 Å². The van der Waals surface area contributed by atoms with Crippen LogP contribution in [0.15, 0.2) is 23.3 Å². The van der Waals surface area contributed by atoms with Gasteiger partial charge >= 0.3 is 0 Å². The Morgan fingerprint density at radius 3 is 2.00 bits per heavy atom. The summed E-state index contributed by atoms with van der Waals surface area (Å²) in [7, 11) is 0. The van der Waals surface area contributed by atoms with Gasteiger partial charge in [0.05, 0.1) is 50.1 Å². The summed E-state index contributed by atoms with van der Waals surface area (Å²) in [6, 6.07) is 3.56. The molecule has 3 aliphatic heterocycles. The molecule has 0 aromatic carbocycles. The van der Waals surface area contributed by atoms with Crippen molar-refractivity contribution < 1.29 is 18.9 Å². The van der Waals surface area contributed by atoms with Crippen LogP contribution in [0.5, 0.6) is 0 Å². The van der Waals surface area contributed by atoms with Crippen molar-refractivity contribution in [3.63, 3.8) is 0 Å². The van der Waals surface area contributed by atoms with Crippen molar-refractivity contribution in [2.75, 3.05) is 26.4 Å². The van der Waals surface area contributed by atoms with Gasteiger partial charge in [0, 0.05) is 36.2 Å². The average molecular weight is 647 g/mol. The predicted octanol–water partition coefficient (Wildman–Crippen LogP) is 7.25. The Hall–Kier alpha value is -1.56. The summed E-state index contributed by atoms with van der Waals surface area (Å²) >= 11 is 23.5. The molecule has 41 heavy (non-hydrogen) atoms. The van der Waals surface area contributed by atoms with Crippen LogP contribution in [0.1, 0.15) is 52.2 Å². The first-order valence-electron chi connectivity index (χ1n) is 13.4. The molecule has 2 saturated heterocycles. The molecule has 13 heteroatoms. The third-order valence-electron chi connectivity index (χ3n) is 6.79. The number of rotatable bonds is 3. The lowest BCUT2D eigenvalue weighted by molar-refractivity contribution is -0.263. The van der Waals surface area contributed by atoms with Gasteiger partial charge < -0.3 is 18.9 Å². The molecule has 0 radical (unpaired) electrons. The monoisotopic (exact) mass is 645 g/mol. The summed E-state index contributed by atoms with van der Waals surface area (Å²) in [6.07, 6.45) is 4.58. The largest absolute Gasteiger partial charge is 0.350 e. The standard InChI is InChI=1S/C13H15Cl2N3O2.C8H16O2.C7H4Cl2N2/c1-13(2)19-6-8(7-20-13)5-18-10-3-11(14)17-12(15)9(10)4-16-18;1-4-7-5-9-8(2,3)10-6-7;8-6-1-4-2-10-3-5(4)7(9)11-6/h3-4,8H,5-7H2,1-2H3;7H,4-6H2,1-3H3;1,3H,2H2. The van der Waals surface area contributed by atoms with E-state index >= 15 is 0 Å². The zero-order valence-corrected chi connectivity index (χ0v) is 26.8. The maximum absolute atomic E-state index is 6.06. The van der Waals surface area contributed by atoms with E-state index in [9.17, 15) is 0 Å². The summed E-state index contributed by atoms with van der Waals surface area (Å²) in [4.78, 5) is 11.9. The molecule has 3 aromatic rings. The topological polar surface area (TPSA) is 92.9 Å². The van der Waals surface area contributed by atoms with Crippen molar-refractivity contribution in [1.82, 2.24) is 19.7 Å². The fourth-order valence-electron chi connectivity index (χ4n) is 4.23. The zero-order chi connectivity index (χ0) is 29.8. The van der Waals surface area contributed by atoms with Gasteiger partial charge in [0.1, 0.15) is 20.6 Å². The summed E-state index contributed by atoms with van der Waals surface area (Å²) in [5, 5.41) is 6.75. The smallest absolute Gasteiger partial charge is 0.162 e. The first-order chi connectivity index (χ1) is 19.4. The molecule has 3 aliphatic rings. The van der Waals surface area contributed by atoms with Crippen molar-refractivity contribution in [2.45, 2.75) is 65.7 Å². The molecule has 0 aliphatic carbocycles. The van der Waals surface area contributed by atoms with E-state index in [0.29, 0.717) is 52.8 Å². The molecular weight excluding hydrogens is 612 g/mol. The van der Waals surface area contributed by atoms with Gasteiger partial charge in [-0.25, -0.2) is 9.97 Å². The van der Waals surface area contributed by atoms with Crippen LogP contribution >= 0.6 is 46.4 Å². The van der Waals surface area contributed by atoms with Crippen molar-refractivity contribution in [3.8, 4) is 0 Å². The van der Waals surface area contributed by atoms with E-state index < -0.39 is 5.79 Å². The van der Waals surface area contributed by atoms with Crippen LogP contribution in [-0.4, -0.2) is 64.0 Å². The molecule has 0 spiro atoms. The minimum absolute atomic E-state index is 0.247. The number of nitrogens with zero attached hydrogens (tertiary/aromatic N) is 5. The Bertz CT molecular complexity index is 1360. The van der Waals surface area contributed by atoms with Crippen molar-refractivity contribution in [3.05, 3.63) is 50.1 Å². The van der Waals surface area contributed by atoms with Gasteiger partial charge in [0.25, 0.3) is 0 Å². The molecule has 0 amide bonds. The third kappa shape index (κ3) is 8.97. The summed E-state index contributed by atoms with van der Waals surface area (Å²) in [5.41, 5.74) is 2.82. The maximum atomic E-state index is 6.06. The Labute approximate surface area is 260 Å². The molecule has 224 valence electrons. The van der Waals surface area contributed by atoms with Crippen LogP contribution in [-0.2, 0) is 32.0 Å². The van der Waals surface area contributed by atoms with Crippen molar-refractivity contribution in [1.29, 1.82) is 0 Å². The van der Waals surface area contributed by atoms with Crippen LogP contribution < -0.4 is 0 Å². The quantitative estimate of drug-likeness (QED) is 0.277. The Morgan fingerprint density at radius 2 is 1.39 bits per heavy atom. The van der Waals surface area contributed by atoms with E-state index in [4.69, 9.17) is 65.4 Å². The van der Waals surface area contributed by atoms with Gasteiger partial charge in [-0.3, -0.25) is 9.67 Å². The second-order valence-electron chi connectivity index (χ2n) is 11.0. The van der Waals surface area contributed by atoms with Gasteiger partial charge in [-0.05, 0) is 45.7 Å². The van der Waals surface area contributed by atoms with E-state index in [1.54, 1.807) is 24.5 Å². The van der Waals surface area contributed by atoms with E-state index in [1.165, 1.54) is 0 Å². The zero-order valence-electron chi connectivity index (χ0n) is 23.8. The highest BCUT2D eigenvalue weighted by Crippen LogP contribution is 2.27. The number of aromatic nitrogens is 4. The lowest BCUT2D eigenvalue weighted by Gasteiger charge is -2.34. The lowest BCUT2D eigenvalue weighted by Crippen LogP contribution is -2.40. The van der Waals surface area contributed by atoms with Gasteiger partial charge in [-0.15, -0.1) is 0 Å². The molecule has 0 bridgehead atoms. The number of fused-ring (bicyclic) bond motifs is 2. The minimum atomic E-state index is -0.501. The van der Waals surface area contributed by atoms with Crippen molar-refractivity contribution >= 4 is 63.5 Å². The van der Waals surface area contributed by atoms with Crippen molar-refractivity contribution in [2.24, 2.45) is 16.8 Å². The van der Waals surface area contributed by atoms with E-state index in [0.717, 1.165) is 41.7 Å². The highest BCUT2D eigenvalue weighted by atomic mass is 35.5. The molecule has 0 atom stereocenters. The molecule has 0 N–H and O–H groups in total. The predicted molar refractivity (Wildman–Crippen MR) is 162 cm³/mol. The van der Waals surface area contributed by atoms with E-state index in [1.807, 2.05) is 32.4 Å². The molecule has 6 heterocycles. The van der Waals surface area contributed by atoms with E-state index in [2.05, 4.69) is 27.0 Å². The average Bonchev–Trinajstić information content (AvgIpc) is 3.54. The number of hydrogen-bond donors (Lipinski definition) is 0. The highest BCUT2D eigenvalue weighted by molar-refractivity contribution is 6.36. The van der Waals surface area contributed by atoms with Crippen LogP contribution in [0.2, 0.25) is 20.6 Å². The normalized spacial score (nSPS) is 19.7. The van der Waals surface area contributed by atoms with Gasteiger partial charge in [-0.1, -0.05) is 53.3 Å². The number of halogens is 4. The first-order valence-corrected chi connectivity index (χ1v) is 14.9. The molecule has 0 unspecified atom stereocenters. The second kappa shape index (κ2) is 13.8. The minimum Gasteiger partial charge on any atom is -0.350 e. The Balaban J connectivity index is 0.000000156. The Kier molecular flexibility index (Phi) is 10.9. The molecular formula is C28H35Cl4N5O4. The first kappa shape index (κ1) is 32.4. The maximum Gasteiger partial charge on any atom is 0.162 e. The van der Waals surface area contributed by atoms with Crippen LogP contribution in [0, 0.1) is 11.8 Å². The van der Waals surface area contributed by atoms with Crippen LogP contribution in [0.25, 0.3) is 10.9 Å². The molecule has 6 rings (SSSR count). The molecule has 9 nitrogen and oxygen atoms in total. The number of hydrogen-bond acceptors (Lipinski definition) is 8. The van der Waals surface area contributed by atoms with Gasteiger partial charge in [0.15, 0.2) is 11.6 Å². The summed E-state index contributed by atoms with van der Waals surface area (Å²) in [5.74, 6) is 0.00936. The fourth-order valence-corrected chi connectivity index (χ4v) is 5.22. The second-order valence-corrected chi connectivity index (χ2v) is 12.4.